The number of benzene rings is 1. The monoisotopic (exact) mass is 283 g/mol. The van der Waals surface area contributed by atoms with Crippen molar-refractivity contribution in [1.82, 2.24) is 9.88 Å². The van der Waals surface area contributed by atoms with Gasteiger partial charge in [0.2, 0.25) is 0 Å². The molecule has 3 N–H and O–H groups in total. The van der Waals surface area contributed by atoms with E-state index in [1.807, 2.05) is 0 Å². The fourth-order valence-corrected chi connectivity index (χ4v) is 4.60. The van der Waals surface area contributed by atoms with E-state index in [9.17, 15) is 0 Å². The zero-order valence-corrected chi connectivity index (χ0v) is 12.6. The average molecular weight is 283 g/mol. The third kappa shape index (κ3) is 2.29. The number of H-pyrrole nitrogens is 1. The summed E-state index contributed by atoms with van der Waals surface area (Å²) in [6, 6.07) is 10.3. The molecule has 2 atom stereocenters. The molecule has 0 aliphatic carbocycles. The van der Waals surface area contributed by atoms with E-state index in [0.29, 0.717) is 0 Å². The van der Waals surface area contributed by atoms with Gasteiger partial charge in [0.15, 0.2) is 0 Å². The number of aromatic nitrogens is 1. The van der Waals surface area contributed by atoms with Crippen LogP contribution in [0.1, 0.15) is 43.6 Å². The first kappa shape index (κ1) is 13.4. The molecule has 0 amide bonds. The van der Waals surface area contributed by atoms with Crippen LogP contribution in [0.15, 0.2) is 30.5 Å². The molecule has 4 rings (SSSR count). The first-order valence-corrected chi connectivity index (χ1v) is 8.38. The summed E-state index contributed by atoms with van der Waals surface area (Å²) >= 11 is 0. The van der Waals surface area contributed by atoms with Crippen molar-refractivity contribution in [2.24, 2.45) is 5.73 Å². The van der Waals surface area contributed by atoms with Crippen molar-refractivity contribution in [3.05, 3.63) is 36.0 Å². The van der Waals surface area contributed by atoms with Gasteiger partial charge in [0, 0.05) is 29.2 Å². The summed E-state index contributed by atoms with van der Waals surface area (Å²) in [4.78, 5) is 6.20. The van der Waals surface area contributed by atoms with E-state index in [1.54, 1.807) is 5.56 Å². The molecule has 0 radical (unpaired) electrons. The summed E-state index contributed by atoms with van der Waals surface area (Å²) in [7, 11) is 0. The Hall–Kier alpha value is -1.32. The molecule has 2 fully saturated rings. The lowest BCUT2D eigenvalue weighted by atomic mass is 9.85. The summed E-state index contributed by atoms with van der Waals surface area (Å²) in [6.07, 6.45) is 8.81. The summed E-state index contributed by atoms with van der Waals surface area (Å²) in [5, 5.41) is 1.43. The molecule has 0 saturated carbocycles. The minimum atomic E-state index is 0.729. The minimum Gasteiger partial charge on any atom is -0.361 e. The Bertz CT molecular complexity index is 604. The number of hydrogen-bond donors (Lipinski definition) is 2. The van der Waals surface area contributed by atoms with Gasteiger partial charge in [-0.25, -0.2) is 0 Å². The second-order valence-electron chi connectivity index (χ2n) is 6.72. The first-order valence-electron chi connectivity index (χ1n) is 8.38. The fourth-order valence-electron chi connectivity index (χ4n) is 4.60. The van der Waals surface area contributed by atoms with Crippen LogP contribution in [-0.2, 0) is 0 Å². The molecule has 3 heteroatoms. The van der Waals surface area contributed by atoms with E-state index in [0.717, 1.165) is 31.0 Å². The number of nitrogens with zero attached hydrogens (tertiary/aromatic N) is 1. The lowest BCUT2D eigenvalue weighted by Gasteiger charge is -2.39. The maximum atomic E-state index is 5.69. The number of rotatable bonds is 4. The van der Waals surface area contributed by atoms with E-state index >= 15 is 0 Å². The summed E-state index contributed by atoms with van der Waals surface area (Å²) < 4.78 is 0. The van der Waals surface area contributed by atoms with Crippen molar-refractivity contribution in [2.75, 3.05) is 13.1 Å². The lowest BCUT2D eigenvalue weighted by Crippen LogP contribution is -2.43. The van der Waals surface area contributed by atoms with Gasteiger partial charge in [0.05, 0.1) is 0 Å². The van der Waals surface area contributed by atoms with Crippen LogP contribution < -0.4 is 5.73 Å². The van der Waals surface area contributed by atoms with E-state index < -0.39 is 0 Å². The molecule has 112 valence electrons. The number of nitrogens with one attached hydrogen (secondary N) is 1. The maximum absolute atomic E-state index is 5.69. The van der Waals surface area contributed by atoms with Crippen molar-refractivity contribution < 1.29 is 0 Å². The average Bonchev–Trinajstić information content (AvgIpc) is 3.04. The quantitative estimate of drug-likeness (QED) is 0.905. The maximum Gasteiger partial charge on any atom is 0.0456 e. The number of nitrogens with two attached hydrogens (primary N) is 1. The van der Waals surface area contributed by atoms with Crippen LogP contribution in [0.4, 0.5) is 0 Å². The Morgan fingerprint density at radius 1 is 1.14 bits per heavy atom. The van der Waals surface area contributed by atoms with Gasteiger partial charge in [-0.05, 0) is 62.7 Å². The summed E-state index contributed by atoms with van der Waals surface area (Å²) in [6.45, 7) is 2.02. The lowest BCUT2D eigenvalue weighted by molar-refractivity contribution is 0.126. The highest BCUT2D eigenvalue weighted by molar-refractivity contribution is 5.83. The van der Waals surface area contributed by atoms with Crippen molar-refractivity contribution in [2.45, 2.75) is 50.1 Å². The van der Waals surface area contributed by atoms with Crippen molar-refractivity contribution in [1.29, 1.82) is 0 Å². The molecule has 2 saturated heterocycles. The highest BCUT2D eigenvalue weighted by Crippen LogP contribution is 2.44. The van der Waals surface area contributed by atoms with Crippen LogP contribution >= 0.6 is 0 Å². The molecular formula is C18H25N3. The predicted molar refractivity (Wildman–Crippen MR) is 87.5 cm³/mol. The van der Waals surface area contributed by atoms with Crippen LogP contribution in [0, 0.1) is 0 Å². The zero-order chi connectivity index (χ0) is 14.2. The Labute approximate surface area is 126 Å². The predicted octanol–water partition coefficient (Wildman–Crippen LogP) is 3.23. The van der Waals surface area contributed by atoms with Crippen molar-refractivity contribution in [3.8, 4) is 0 Å². The second-order valence-corrected chi connectivity index (χ2v) is 6.72. The van der Waals surface area contributed by atoms with E-state index in [1.165, 1.54) is 43.1 Å². The smallest absolute Gasteiger partial charge is 0.0456 e. The molecule has 21 heavy (non-hydrogen) atoms. The van der Waals surface area contributed by atoms with Crippen LogP contribution in [0.25, 0.3) is 10.9 Å². The van der Waals surface area contributed by atoms with Crippen LogP contribution in [0.3, 0.4) is 0 Å². The standard InChI is InChI=1S/C18H25N3/c19-8-3-9-21-14-6-7-15(21)11-13(10-14)17-12-20-18-5-2-1-4-16(17)18/h1-2,4-5,12-15,20H,3,6-11,19H2. The van der Waals surface area contributed by atoms with Gasteiger partial charge >= 0.3 is 0 Å². The van der Waals surface area contributed by atoms with Gasteiger partial charge in [0.25, 0.3) is 0 Å². The van der Waals surface area contributed by atoms with Gasteiger partial charge in [-0.3, -0.25) is 4.90 Å². The third-order valence-corrected chi connectivity index (χ3v) is 5.57. The third-order valence-electron chi connectivity index (χ3n) is 5.57. The molecule has 3 nitrogen and oxygen atoms in total. The zero-order valence-electron chi connectivity index (χ0n) is 12.6. The number of aromatic amines is 1. The highest BCUT2D eigenvalue weighted by Gasteiger charge is 2.40. The van der Waals surface area contributed by atoms with E-state index in [2.05, 4.69) is 40.3 Å². The molecule has 0 spiro atoms. The molecule has 2 unspecified atom stereocenters. The largest absolute Gasteiger partial charge is 0.361 e. The summed E-state index contributed by atoms with van der Waals surface area (Å²) in [5.74, 6) is 0.729. The summed E-state index contributed by atoms with van der Waals surface area (Å²) in [5.41, 5.74) is 8.52. The van der Waals surface area contributed by atoms with Gasteiger partial charge in [0.1, 0.15) is 0 Å². The van der Waals surface area contributed by atoms with Gasteiger partial charge in [-0.15, -0.1) is 0 Å². The molecule has 2 aliphatic heterocycles. The highest BCUT2D eigenvalue weighted by atomic mass is 15.2. The number of fused-ring (bicyclic) bond motifs is 3. The second kappa shape index (κ2) is 5.47. The fraction of sp³-hybridized carbons (Fsp3) is 0.556. The molecule has 2 aromatic rings. The molecule has 1 aromatic carbocycles. The van der Waals surface area contributed by atoms with Crippen molar-refractivity contribution >= 4 is 10.9 Å². The van der Waals surface area contributed by atoms with E-state index in [-0.39, 0.29) is 0 Å². The number of para-hydroxylation sites is 1. The van der Waals surface area contributed by atoms with Crippen LogP contribution in [-0.4, -0.2) is 35.1 Å². The Kier molecular flexibility index (Phi) is 3.48. The van der Waals surface area contributed by atoms with E-state index in [4.69, 9.17) is 5.73 Å². The number of hydrogen-bond acceptors (Lipinski definition) is 2. The Balaban J connectivity index is 1.56. The van der Waals surface area contributed by atoms with Gasteiger partial charge in [-0.2, -0.15) is 0 Å². The Morgan fingerprint density at radius 2 is 1.90 bits per heavy atom. The van der Waals surface area contributed by atoms with Crippen LogP contribution in [0.2, 0.25) is 0 Å². The number of piperidine rings is 1. The van der Waals surface area contributed by atoms with Crippen LogP contribution in [0.5, 0.6) is 0 Å². The topological polar surface area (TPSA) is 45.0 Å². The van der Waals surface area contributed by atoms with Gasteiger partial charge < -0.3 is 10.7 Å². The minimum absolute atomic E-state index is 0.729. The first-order chi connectivity index (χ1) is 10.4. The normalized spacial score (nSPS) is 29.3. The SMILES string of the molecule is NCCCN1C2CCC1CC(c1c[nH]c3ccccc13)C2. The molecule has 3 heterocycles. The molecule has 2 aliphatic rings. The molecular weight excluding hydrogens is 258 g/mol. The van der Waals surface area contributed by atoms with Gasteiger partial charge in [-0.1, -0.05) is 18.2 Å². The Morgan fingerprint density at radius 3 is 2.67 bits per heavy atom. The molecule has 1 aromatic heterocycles. The molecule has 2 bridgehead atoms. The van der Waals surface area contributed by atoms with Crippen molar-refractivity contribution in [3.63, 3.8) is 0 Å².